The molecule has 0 spiro atoms. The topological polar surface area (TPSA) is 86.0 Å². The highest BCUT2D eigenvalue weighted by Crippen LogP contribution is 2.16. The van der Waals surface area contributed by atoms with Gasteiger partial charge >= 0.3 is 0 Å². The van der Waals surface area contributed by atoms with Gasteiger partial charge in [-0.1, -0.05) is 18.2 Å². The van der Waals surface area contributed by atoms with Crippen LogP contribution < -0.4 is 16.4 Å². The number of rotatable bonds is 2. The molecule has 4 rings (SSSR count). The number of pyridine rings is 1. The highest BCUT2D eigenvalue weighted by atomic mass is 16.2. The van der Waals surface area contributed by atoms with Crippen LogP contribution in [0.4, 0.5) is 5.82 Å². The largest absolute Gasteiger partial charge is 0.307 e. The first-order chi connectivity index (χ1) is 13.0. The number of fused-ring (bicyclic) bond motifs is 2. The third-order valence-corrected chi connectivity index (χ3v) is 4.62. The van der Waals surface area contributed by atoms with Gasteiger partial charge in [-0.15, -0.1) is 0 Å². The van der Waals surface area contributed by atoms with E-state index in [-0.39, 0.29) is 27.5 Å². The van der Waals surface area contributed by atoms with Gasteiger partial charge in [0.05, 0.1) is 16.3 Å². The summed E-state index contributed by atoms with van der Waals surface area (Å²) in [5.41, 5.74) is 0.412. The van der Waals surface area contributed by atoms with Gasteiger partial charge in [0.15, 0.2) is 0 Å². The lowest BCUT2D eigenvalue weighted by molar-refractivity contribution is 0.102. The molecular weight excluding hydrogens is 344 g/mol. The van der Waals surface area contributed by atoms with E-state index in [1.54, 1.807) is 6.07 Å². The zero-order chi connectivity index (χ0) is 19.1. The molecule has 2 aromatic carbocycles. The van der Waals surface area contributed by atoms with E-state index in [1.807, 2.05) is 30.3 Å². The van der Waals surface area contributed by atoms with Gasteiger partial charge in [0, 0.05) is 25.0 Å². The van der Waals surface area contributed by atoms with Crippen molar-refractivity contribution < 1.29 is 4.79 Å². The fourth-order valence-electron chi connectivity index (χ4n) is 2.99. The van der Waals surface area contributed by atoms with Crippen LogP contribution in [0.1, 0.15) is 10.4 Å². The lowest BCUT2D eigenvalue weighted by Crippen LogP contribution is -2.35. The van der Waals surface area contributed by atoms with Crippen molar-refractivity contribution in [3.05, 3.63) is 80.9 Å². The van der Waals surface area contributed by atoms with Crippen molar-refractivity contribution in [1.29, 1.82) is 0 Å². The Kier molecular flexibility index (Phi) is 3.84. The molecule has 1 N–H and O–H groups in total. The maximum absolute atomic E-state index is 12.6. The van der Waals surface area contributed by atoms with Gasteiger partial charge in [0.2, 0.25) is 0 Å². The van der Waals surface area contributed by atoms with Gasteiger partial charge in [0.1, 0.15) is 5.82 Å². The molecule has 0 aliphatic rings. The average Bonchev–Trinajstić information content (AvgIpc) is 2.70. The highest BCUT2D eigenvalue weighted by Gasteiger charge is 2.13. The Labute approximate surface area is 153 Å². The van der Waals surface area contributed by atoms with Gasteiger partial charge in [-0.05, 0) is 36.4 Å². The van der Waals surface area contributed by atoms with E-state index in [4.69, 9.17) is 0 Å². The van der Waals surface area contributed by atoms with Crippen molar-refractivity contribution in [2.75, 3.05) is 5.32 Å². The van der Waals surface area contributed by atoms with Crippen molar-refractivity contribution >= 4 is 33.4 Å². The predicted octanol–water partition coefficient (Wildman–Crippen LogP) is 2.04. The Morgan fingerprint density at radius 3 is 2.37 bits per heavy atom. The molecule has 4 aromatic rings. The van der Waals surface area contributed by atoms with Gasteiger partial charge < -0.3 is 5.32 Å². The lowest BCUT2D eigenvalue weighted by atomic mass is 10.1. The first kappa shape index (κ1) is 16.7. The van der Waals surface area contributed by atoms with Crippen LogP contribution in [0.25, 0.3) is 21.7 Å². The van der Waals surface area contributed by atoms with Gasteiger partial charge in [-0.2, -0.15) is 0 Å². The predicted molar refractivity (Wildman–Crippen MR) is 104 cm³/mol. The molecule has 0 saturated heterocycles. The number of nitrogens with one attached hydrogen (secondary N) is 1. The minimum Gasteiger partial charge on any atom is -0.307 e. The fraction of sp³-hybridized carbons (Fsp3) is 0.100. The Morgan fingerprint density at radius 2 is 1.59 bits per heavy atom. The third-order valence-electron chi connectivity index (χ3n) is 4.62. The van der Waals surface area contributed by atoms with Crippen LogP contribution in [0.2, 0.25) is 0 Å². The quantitative estimate of drug-likeness (QED) is 0.593. The smallest absolute Gasteiger partial charge is 0.273 e. The Morgan fingerprint density at radius 1 is 0.889 bits per heavy atom. The number of benzene rings is 2. The van der Waals surface area contributed by atoms with E-state index in [0.717, 1.165) is 10.9 Å². The molecule has 0 saturated carbocycles. The summed E-state index contributed by atoms with van der Waals surface area (Å²) in [7, 11) is 3.03. The van der Waals surface area contributed by atoms with E-state index in [2.05, 4.69) is 10.3 Å². The van der Waals surface area contributed by atoms with Crippen molar-refractivity contribution in [2.45, 2.75) is 0 Å². The molecule has 0 aliphatic heterocycles. The second-order valence-electron chi connectivity index (χ2n) is 6.26. The molecule has 7 heteroatoms. The fourth-order valence-corrected chi connectivity index (χ4v) is 2.99. The van der Waals surface area contributed by atoms with Gasteiger partial charge in [-0.25, -0.2) is 4.98 Å². The number of para-hydroxylation sites is 1. The molecule has 0 fully saturated rings. The summed E-state index contributed by atoms with van der Waals surface area (Å²) in [6, 6.07) is 15.7. The van der Waals surface area contributed by atoms with Crippen LogP contribution >= 0.6 is 0 Å². The molecule has 0 unspecified atom stereocenters. The third kappa shape index (κ3) is 2.79. The van der Waals surface area contributed by atoms with Gasteiger partial charge in [-0.3, -0.25) is 23.7 Å². The second-order valence-corrected chi connectivity index (χ2v) is 6.26. The van der Waals surface area contributed by atoms with Crippen molar-refractivity contribution in [3.8, 4) is 0 Å². The van der Waals surface area contributed by atoms with Crippen LogP contribution in [0, 0.1) is 0 Å². The summed E-state index contributed by atoms with van der Waals surface area (Å²) < 4.78 is 2.46. The van der Waals surface area contributed by atoms with Crippen LogP contribution in [-0.2, 0) is 14.1 Å². The number of nitrogens with zero attached hydrogens (tertiary/aromatic N) is 3. The summed E-state index contributed by atoms with van der Waals surface area (Å²) >= 11 is 0. The zero-order valence-corrected chi connectivity index (χ0v) is 14.8. The summed E-state index contributed by atoms with van der Waals surface area (Å²) in [6.07, 6.45) is 0. The number of hydrogen-bond acceptors (Lipinski definition) is 4. The van der Waals surface area contributed by atoms with E-state index in [0.29, 0.717) is 5.82 Å². The monoisotopic (exact) mass is 360 g/mol. The lowest BCUT2D eigenvalue weighted by Gasteiger charge is -2.09. The second kappa shape index (κ2) is 6.21. The highest BCUT2D eigenvalue weighted by molar-refractivity contribution is 6.06. The van der Waals surface area contributed by atoms with Crippen molar-refractivity contribution in [2.24, 2.45) is 14.1 Å². The molecular formula is C20H16N4O3. The zero-order valence-electron chi connectivity index (χ0n) is 14.8. The summed E-state index contributed by atoms with van der Waals surface area (Å²) in [4.78, 5) is 41.7. The maximum Gasteiger partial charge on any atom is 0.273 e. The molecule has 1 amide bonds. The molecule has 134 valence electrons. The van der Waals surface area contributed by atoms with Gasteiger partial charge in [0.25, 0.3) is 17.0 Å². The number of amides is 1. The van der Waals surface area contributed by atoms with Crippen LogP contribution in [-0.4, -0.2) is 20.3 Å². The van der Waals surface area contributed by atoms with E-state index in [1.165, 1.54) is 41.7 Å². The SMILES string of the molecule is Cn1c(=O)c2ccc(C(=O)Nc3ccc4ccccc4n3)cc2c(=O)n1C. The van der Waals surface area contributed by atoms with Crippen LogP contribution in [0.5, 0.6) is 0 Å². The first-order valence-electron chi connectivity index (χ1n) is 8.33. The summed E-state index contributed by atoms with van der Waals surface area (Å²) in [6.45, 7) is 0. The number of hydrogen-bond donors (Lipinski definition) is 1. The molecule has 2 heterocycles. The molecule has 0 bridgehead atoms. The number of aromatic nitrogens is 3. The Balaban J connectivity index is 1.74. The molecule has 27 heavy (non-hydrogen) atoms. The molecule has 0 atom stereocenters. The van der Waals surface area contributed by atoms with E-state index in [9.17, 15) is 14.4 Å². The number of anilines is 1. The van der Waals surface area contributed by atoms with Crippen LogP contribution in [0.15, 0.2) is 64.2 Å². The number of carbonyl (C=O) groups is 1. The minimum absolute atomic E-state index is 0.208. The Hall–Kier alpha value is -3.74. The maximum atomic E-state index is 12.6. The molecule has 0 aliphatic carbocycles. The van der Waals surface area contributed by atoms with E-state index < -0.39 is 5.91 Å². The normalized spacial score (nSPS) is 11.0. The minimum atomic E-state index is -0.401. The molecule has 7 nitrogen and oxygen atoms in total. The number of carbonyl (C=O) groups excluding carboxylic acids is 1. The Bertz CT molecular complexity index is 1330. The van der Waals surface area contributed by atoms with Crippen molar-refractivity contribution in [3.63, 3.8) is 0 Å². The first-order valence-corrected chi connectivity index (χ1v) is 8.33. The molecule has 2 aromatic heterocycles. The standard InChI is InChI=1S/C20H16N4O3/c1-23-19(26)14-9-7-13(11-15(14)20(27)24(23)2)18(25)22-17-10-8-12-5-3-4-6-16(12)21-17/h3-11H,1-2H3,(H,21,22,25). The summed E-state index contributed by atoms with van der Waals surface area (Å²) in [5, 5.41) is 4.19. The molecule has 0 radical (unpaired) electrons. The van der Waals surface area contributed by atoms with E-state index >= 15 is 0 Å². The van der Waals surface area contributed by atoms with Crippen molar-refractivity contribution in [1.82, 2.24) is 14.3 Å². The average molecular weight is 360 g/mol. The van der Waals surface area contributed by atoms with Crippen LogP contribution in [0.3, 0.4) is 0 Å². The summed E-state index contributed by atoms with van der Waals surface area (Å²) in [5.74, 6) is 0.0121.